The molecule has 0 bridgehead atoms. The van der Waals surface area contributed by atoms with Gasteiger partial charge in [0.25, 0.3) is 0 Å². The maximum Gasteiger partial charge on any atom is 0.161 e. The van der Waals surface area contributed by atoms with Crippen LogP contribution in [0, 0.1) is 5.92 Å². The predicted octanol–water partition coefficient (Wildman–Crippen LogP) is 3.44. The minimum absolute atomic E-state index is 0.00145. The number of hydrogen-bond acceptors (Lipinski definition) is 6. The van der Waals surface area contributed by atoms with Crippen LogP contribution in [0.3, 0.4) is 0 Å². The van der Waals surface area contributed by atoms with E-state index in [0.717, 1.165) is 80.6 Å². The Morgan fingerprint density at radius 3 is 2.51 bits per heavy atom. The average molecular weight is 497 g/mol. The van der Waals surface area contributed by atoms with Crippen molar-refractivity contribution in [2.75, 3.05) is 52.5 Å². The zero-order valence-electron chi connectivity index (χ0n) is 20.3. The van der Waals surface area contributed by atoms with Gasteiger partial charge in [-0.25, -0.2) is 0 Å². The zero-order chi connectivity index (χ0) is 24.0. The summed E-state index contributed by atoms with van der Waals surface area (Å²) >= 11 is 6.00. The van der Waals surface area contributed by atoms with Crippen molar-refractivity contribution in [2.24, 2.45) is 10.9 Å². The van der Waals surface area contributed by atoms with Crippen LogP contribution in [0.25, 0.3) is 0 Å². The Morgan fingerprint density at radius 2 is 1.71 bits per heavy atom. The van der Waals surface area contributed by atoms with Gasteiger partial charge in [-0.1, -0.05) is 29.8 Å². The van der Waals surface area contributed by atoms with Gasteiger partial charge >= 0.3 is 0 Å². The van der Waals surface area contributed by atoms with Crippen LogP contribution in [0.5, 0.6) is 11.5 Å². The molecule has 2 aromatic carbocycles. The van der Waals surface area contributed by atoms with Crippen molar-refractivity contribution in [3.05, 3.63) is 58.6 Å². The Labute approximate surface area is 213 Å². The molecule has 3 aliphatic heterocycles. The second kappa shape index (κ2) is 11.6. The molecule has 6 nitrogen and oxygen atoms in total. The Bertz CT molecular complexity index is 1010. The highest BCUT2D eigenvalue weighted by Crippen LogP contribution is 2.31. The van der Waals surface area contributed by atoms with Gasteiger partial charge in [-0.05, 0) is 93.0 Å². The van der Waals surface area contributed by atoms with Crippen molar-refractivity contribution in [2.45, 2.75) is 38.1 Å². The third-order valence-corrected chi connectivity index (χ3v) is 7.56. The number of aliphatic imine (C=N–C) groups is 1. The van der Waals surface area contributed by atoms with Crippen LogP contribution < -0.4 is 14.6 Å². The molecule has 2 atom stereocenters. The van der Waals surface area contributed by atoms with Crippen molar-refractivity contribution < 1.29 is 14.6 Å². The van der Waals surface area contributed by atoms with Gasteiger partial charge in [-0.15, -0.1) is 0 Å². The molecule has 0 aliphatic carbocycles. The quantitative estimate of drug-likeness (QED) is 0.393. The highest BCUT2D eigenvalue weighted by Gasteiger charge is 2.24. The van der Waals surface area contributed by atoms with E-state index < -0.39 is 0 Å². The van der Waals surface area contributed by atoms with Gasteiger partial charge in [0.2, 0.25) is 0 Å². The van der Waals surface area contributed by atoms with Gasteiger partial charge < -0.3 is 29.4 Å². The lowest BCUT2D eigenvalue weighted by Gasteiger charge is -2.26. The largest absolute Gasteiger partial charge is 0.862 e. The Morgan fingerprint density at radius 1 is 0.971 bits per heavy atom. The topological polar surface area (TPSA) is 60.4 Å². The molecule has 0 N–H and O–H groups in total. The maximum absolute atomic E-state index is 13.2. The zero-order valence-corrected chi connectivity index (χ0v) is 21.1. The molecular weight excluding hydrogens is 462 g/mol. The van der Waals surface area contributed by atoms with Gasteiger partial charge in [0.1, 0.15) is 13.2 Å². The fourth-order valence-electron chi connectivity index (χ4n) is 5.36. The molecule has 2 unspecified atom stereocenters. The second-order valence-electron chi connectivity index (χ2n) is 9.97. The Hall–Kier alpha value is -2.28. The number of fused-ring (bicyclic) bond motifs is 1. The maximum atomic E-state index is 13.2. The van der Waals surface area contributed by atoms with Crippen molar-refractivity contribution >= 4 is 17.5 Å². The average Bonchev–Trinajstić information content (AvgIpc) is 3.56. The second-order valence-corrected chi connectivity index (χ2v) is 10.4. The van der Waals surface area contributed by atoms with E-state index in [1.54, 1.807) is 0 Å². The molecule has 3 heterocycles. The number of benzene rings is 2. The summed E-state index contributed by atoms with van der Waals surface area (Å²) in [5.74, 6) is 1.67. The van der Waals surface area contributed by atoms with Crippen LogP contribution in [-0.2, 0) is 12.8 Å². The molecule has 2 aromatic rings. The Kier molecular flexibility index (Phi) is 8.12. The number of halogens is 1. The van der Waals surface area contributed by atoms with E-state index in [-0.39, 0.29) is 17.9 Å². The van der Waals surface area contributed by atoms with E-state index >= 15 is 0 Å². The summed E-state index contributed by atoms with van der Waals surface area (Å²) in [6, 6.07) is 14.1. The number of likely N-dealkylation sites (tertiary alicyclic amines) is 2. The van der Waals surface area contributed by atoms with Crippen LogP contribution in [0.2, 0.25) is 5.02 Å². The molecule has 2 fully saturated rings. The number of ether oxygens (including phenoxy) is 2. The molecular formula is C28H35ClN3O3-. The highest BCUT2D eigenvalue weighted by atomic mass is 35.5. The fraction of sp³-hybridized carbons (Fsp3) is 0.536. The molecule has 188 valence electrons. The number of nitrogens with zero attached hydrogens (tertiary/aromatic N) is 3. The fourth-order valence-corrected chi connectivity index (χ4v) is 5.49. The smallest absolute Gasteiger partial charge is 0.161 e. The highest BCUT2D eigenvalue weighted by molar-refractivity contribution is 6.30. The normalized spacial score (nSPS) is 22.0. The van der Waals surface area contributed by atoms with E-state index in [1.165, 1.54) is 18.4 Å². The predicted molar refractivity (Wildman–Crippen MR) is 138 cm³/mol. The monoisotopic (exact) mass is 496 g/mol. The summed E-state index contributed by atoms with van der Waals surface area (Å²) in [7, 11) is 0. The molecule has 35 heavy (non-hydrogen) atoms. The third-order valence-electron chi connectivity index (χ3n) is 7.31. The lowest BCUT2D eigenvalue weighted by Crippen LogP contribution is -2.36. The van der Waals surface area contributed by atoms with Gasteiger partial charge in [-0.2, -0.15) is 0 Å². The van der Waals surface area contributed by atoms with Crippen LogP contribution in [0.4, 0.5) is 0 Å². The summed E-state index contributed by atoms with van der Waals surface area (Å²) in [5, 5.41) is 14.0. The lowest BCUT2D eigenvalue weighted by atomic mass is 10.0. The summed E-state index contributed by atoms with van der Waals surface area (Å²) in [5.41, 5.74) is 2.42. The summed E-state index contributed by atoms with van der Waals surface area (Å²) < 4.78 is 11.4. The standard InChI is InChI=1S/C28H36ClN3O3/c29-24-6-3-21(4-7-24)9-13-32-14-10-23(19-32)28(33)30-25(20-31-11-1-2-12-31)17-22-5-8-26-27(18-22)35-16-15-34-26/h3-8,18,23,25H,1-2,9-17,19-20H2,(H,30,33)/p-1. The van der Waals surface area contributed by atoms with Gasteiger partial charge in [0.05, 0.1) is 6.04 Å². The van der Waals surface area contributed by atoms with Gasteiger partial charge in [-0.3, -0.25) is 0 Å². The molecule has 0 spiro atoms. The first kappa shape index (κ1) is 24.4. The first-order valence-electron chi connectivity index (χ1n) is 12.9. The molecule has 0 amide bonds. The third kappa shape index (κ3) is 6.69. The number of hydrogen-bond donors (Lipinski definition) is 0. The summed E-state index contributed by atoms with van der Waals surface area (Å²) in [6.45, 7) is 6.92. The first-order chi connectivity index (χ1) is 17.1. The van der Waals surface area contributed by atoms with Gasteiger partial charge in [0, 0.05) is 30.6 Å². The van der Waals surface area contributed by atoms with Crippen molar-refractivity contribution in [1.82, 2.24) is 9.80 Å². The first-order valence-corrected chi connectivity index (χ1v) is 13.3. The van der Waals surface area contributed by atoms with Crippen LogP contribution in [0.1, 0.15) is 30.4 Å². The van der Waals surface area contributed by atoms with E-state index in [1.807, 2.05) is 18.2 Å². The van der Waals surface area contributed by atoms with E-state index in [0.29, 0.717) is 13.2 Å². The molecule has 0 saturated carbocycles. The van der Waals surface area contributed by atoms with E-state index in [2.05, 4.69) is 34.1 Å². The molecule has 7 heteroatoms. The SMILES string of the molecule is [O-]C(=NC(Cc1ccc2c(c1)OCCO2)CN1CCCC1)C1CCN(CCc2ccc(Cl)cc2)C1. The molecule has 0 aromatic heterocycles. The minimum atomic E-state index is -0.0359. The van der Waals surface area contributed by atoms with E-state index in [4.69, 9.17) is 26.1 Å². The summed E-state index contributed by atoms with van der Waals surface area (Å²) in [4.78, 5) is 9.64. The van der Waals surface area contributed by atoms with E-state index in [9.17, 15) is 5.11 Å². The van der Waals surface area contributed by atoms with Crippen LogP contribution in [0.15, 0.2) is 47.5 Å². The number of rotatable bonds is 9. The molecule has 2 saturated heterocycles. The molecule has 0 radical (unpaired) electrons. The van der Waals surface area contributed by atoms with Crippen molar-refractivity contribution in [3.63, 3.8) is 0 Å². The van der Waals surface area contributed by atoms with Crippen LogP contribution in [-0.4, -0.2) is 74.2 Å². The van der Waals surface area contributed by atoms with Crippen LogP contribution >= 0.6 is 11.6 Å². The Balaban J connectivity index is 1.21. The molecule has 5 rings (SSSR count). The van der Waals surface area contributed by atoms with Crippen molar-refractivity contribution in [1.29, 1.82) is 0 Å². The van der Waals surface area contributed by atoms with Gasteiger partial charge in [0.15, 0.2) is 11.5 Å². The minimum Gasteiger partial charge on any atom is -0.862 e. The molecule has 3 aliphatic rings. The van der Waals surface area contributed by atoms with Crippen molar-refractivity contribution in [3.8, 4) is 11.5 Å². The lowest BCUT2D eigenvalue weighted by molar-refractivity contribution is -0.224. The summed E-state index contributed by atoms with van der Waals surface area (Å²) in [6.07, 6.45) is 5.07.